The highest BCUT2D eigenvalue weighted by atomic mass is 16.5. The number of anilines is 1. The van der Waals surface area contributed by atoms with Crippen LogP contribution in [0.3, 0.4) is 0 Å². The second kappa shape index (κ2) is 3.77. The third-order valence-electron chi connectivity index (χ3n) is 3.01. The average molecular weight is 226 g/mol. The molecule has 2 heterocycles. The van der Waals surface area contributed by atoms with E-state index in [4.69, 9.17) is 10.5 Å². The molecule has 2 N–H and O–H groups in total. The minimum atomic E-state index is 0.265. The minimum Gasteiger partial charge on any atom is -0.490 e. The lowest BCUT2D eigenvalue weighted by Crippen LogP contribution is -2.05. The Labute approximate surface area is 100 Å². The first kappa shape index (κ1) is 10.1. The van der Waals surface area contributed by atoms with Gasteiger partial charge in [-0.1, -0.05) is 0 Å². The van der Waals surface area contributed by atoms with Crippen LogP contribution in [0.25, 0.3) is 11.3 Å². The highest BCUT2D eigenvalue weighted by Crippen LogP contribution is 2.33. The maximum absolute atomic E-state index is 5.93. The van der Waals surface area contributed by atoms with Gasteiger partial charge in [0.05, 0.1) is 11.4 Å². The number of benzene rings is 1. The van der Waals surface area contributed by atoms with Gasteiger partial charge in [0.25, 0.3) is 0 Å². The van der Waals surface area contributed by atoms with Crippen molar-refractivity contribution in [3.05, 3.63) is 42.1 Å². The quantitative estimate of drug-likeness (QED) is 0.813. The summed E-state index contributed by atoms with van der Waals surface area (Å²) in [6.07, 6.45) is 2.98. The fourth-order valence-corrected chi connectivity index (χ4v) is 2.23. The molecule has 3 heteroatoms. The van der Waals surface area contributed by atoms with Crippen molar-refractivity contribution in [1.29, 1.82) is 0 Å². The predicted octanol–water partition coefficient (Wildman–Crippen LogP) is 2.65. The van der Waals surface area contributed by atoms with Crippen LogP contribution in [-0.4, -0.2) is 11.1 Å². The van der Waals surface area contributed by atoms with E-state index in [1.165, 1.54) is 5.56 Å². The Balaban J connectivity index is 2.07. The van der Waals surface area contributed by atoms with Gasteiger partial charge >= 0.3 is 0 Å². The molecule has 1 aromatic carbocycles. The molecule has 3 nitrogen and oxygen atoms in total. The number of aromatic nitrogens is 1. The molecule has 0 bridgehead atoms. The standard InChI is InChI=1S/C14H14N2O/c1-9-7-11-8-10(4-5-13(11)17-9)14-12(15)3-2-6-16-14/h2-6,8-9H,7,15H2,1H3. The second-order valence-corrected chi connectivity index (χ2v) is 4.40. The Morgan fingerprint density at radius 1 is 1.35 bits per heavy atom. The molecule has 86 valence electrons. The molecule has 0 saturated carbocycles. The molecule has 0 saturated heterocycles. The van der Waals surface area contributed by atoms with Gasteiger partial charge < -0.3 is 10.5 Å². The number of hydrogen-bond acceptors (Lipinski definition) is 3. The summed E-state index contributed by atoms with van der Waals surface area (Å²) in [6, 6.07) is 9.85. The minimum absolute atomic E-state index is 0.265. The highest BCUT2D eigenvalue weighted by Gasteiger charge is 2.19. The van der Waals surface area contributed by atoms with Crippen LogP contribution in [0.1, 0.15) is 12.5 Å². The molecule has 3 rings (SSSR count). The summed E-state index contributed by atoms with van der Waals surface area (Å²) < 4.78 is 5.68. The molecule has 0 fully saturated rings. The smallest absolute Gasteiger partial charge is 0.123 e. The lowest BCUT2D eigenvalue weighted by Gasteiger charge is -2.06. The normalized spacial score (nSPS) is 17.6. The van der Waals surface area contributed by atoms with Crippen molar-refractivity contribution < 1.29 is 4.74 Å². The lowest BCUT2D eigenvalue weighted by atomic mass is 10.0. The molecule has 1 atom stereocenters. The Kier molecular flexibility index (Phi) is 2.25. The van der Waals surface area contributed by atoms with E-state index in [0.717, 1.165) is 23.4 Å². The zero-order valence-electron chi connectivity index (χ0n) is 9.68. The van der Waals surface area contributed by atoms with Crippen LogP contribution in [0.5, 0.6) is 5.75 Å². The summed E-state index contributed by atoms with van der Waals surface area (Å²) in [5.41, 5.74) is 9.77. The zero-order chi connectivity index (χ0) is 11.8. The van der Waals surface area contributed by atoms with Crippen molar-refractivity contribution in [3.8, 4) is 17.0 Å². The third-order valence-corrected chi connectivity index (χ3v) is 3.01. The average Bonchev–Trinajstić information content (AvgIpc) is 2.68. The maximum Gasteiger partial charge on any atom is 0.123 e. The zero-order valence-corrected chi connectivity index (χ0v) is 9.68. The van der Waals surface area contributed by atoms with Crippen molar-refractivity contribution in [2.45, 2.75) is 19.4 Å². The van der Waals surface area contributed by atoms with Crippen LogP contribution in [0.15, 0.2) is 36.5 Å². The number of nitrogen functional groups attached to an aromatic ring is 1. The molecule has 0 radical (unpaired) electrons. The number of ether oxygens (including phenoxy) is 1. The monoisotopic (exact) mass is 226 g/mol. The first-order valence-corrected chi connectivity index (χ1v) is 5.74. The highest BCUT2D eigenvalue weighted by molar-refractivity contribution is 5.73. The molecular formula is C14H14N2O. The van der Waals surface area contributed by atoms with Gasteiger partial charge in [-0.05, 0) is 42.8 Å². The number of hydrogen-bond donors (Lipinski definition) is 1. The molecule has 0 amide bonds. The molecular weight excluding hydrogens is 212 g/mol. The Morgan fingerprint density at radius 3 is 3.06 bits per heavy atom. The summed E-state index contributed by atoms with van der Waals surface area (Å²) in [5, 5.41) is 0. The molecule has 1 aliphatic rings. The SMILES string of the molecule is CC1Cc2cc(-c3ncccc3N)ccc2O1. The van der Waals surface area contributed by atoms with Crippen molar-refractivity contribution >= 4 is 5.69 Å². The van der Waals surface area contributed by atoms with E-state index in [9.17, 15) is 0 Å². The fraction of sp³-hybridized carbons (Fsp3) is 0.214. The van der Waals surface area contributed by atoms with E-state index in [1.807, 2.05) is 24.3 Å². The first-order chi connectivity index (χ1) is 8.24. The number of fused-ring (bicyclic) bond motifs is 1. The van der Waals surface area contributed by atoms with Crippen molar-refractivity contribution in [1.82, 2.24) is 4.98 Å². The van der Waals surface area contributed by atoms with Gasteiger partial charge in [0.1, 0.15) is 11.9 Å². The maximum atomic E-state index is 5.93. The van der Waals surface area contributed by atoms with Gasteiger partial charge in [-0.2, -0.15) is 0 Å². The summed E-state index contributed by atoms with van der Waals surface area (Å²) >= 11 is 0. The van der Waals surface area contributed by atoms with Gasteiger partial charge in [0, 0.05) is 18.2 Å². The largest absolute Gasteiger partial charge is 0.490 e. The number of nitrogens with zero attached hydrogens (tertiary/aromatic N) is 1. The van der Waals surface area contributed by atoms with E-state index in [0.29, 0.717) is 5.69 Å². The topological polar surface area (TPSA) is 48.1 Å². The van der Waals surface area contributed by atoms with Crippen LogP contribution in [-0.2, 0) is 6.42 Å². The Bertz CT molecular complexity index is 566. The lowest BCUT2D eigenvalue weighted by molar-refractivity contribution is 0.254. The second-order valence-electron chi connectivity index (χ2n) is 4.40. The van der Waals surface area contributed by atoms with E-state index < -0.39 is 0 Å². The van der Waals surface area contributed by atoms with Crippen LogP contribution in [0.4, 0.5) is 5.69 Å². The summed E-state index contributed by atoms with van der Waals surface area (Å²) in [6.45, 7) is 2.08. The van der Waals surface area contributed by atoms with E-state index in [2.05, 4.69) is 18.0 Å². The fourth-order valence-electron chi connectivity index (χ4n) is 2.23. The Morgan fingerprint density at radius 2 is 2.24 bits per heavy atom. The predicted molar refractivity (Wildman–Crippen MR) is 67.9 cm³/mol. The number of nitrogens with two attached hydrogens (primary N) is 1. The molecule has 1 aliphatic heterocycles. The van der Waals surface area contributed by atoms with Crippen molar-refractivity contribution in [2.24, 2.45) is 0 Å². The summed E-state index contributed by atoms with van der Waals surface area (Å²) in [5.74, 6) is 0.982. The number of rotatable bonds is 1. The van der Waals surface area contributed by atoms with Crippen LogP contribution in [0, 0.1) is 0 Å². The van der Waals surface area contributed by atoms with E-state index in [-0.39, 0.29) is 6.10 Å². The van der Waals surface area contributed by atoms with Gasteiger partial charge in [-0.15, -0.1) is 0 Å². The van der Waals surface area contributed by atoms with Crippen molar-refractivity contribution in [2.75, 3.05) is 5.73 Å². The van der Waals surface area contributed by atoms with Gasteiger partial charge in [-0.3, -0.25) is 4.98 Å². The molecule has 2 aromatic rings. The van der Waals surface area contributed by atoms with Crippen LogP contribution < -0.4 is 10.5 Å². The van der Waals surface area contributed by atoms with Gasteiger partial charge in [0.2, 0.25) is 0 Å². The van der Waals surface area contributed by atoms with Crippen LogP contribution in [0.2, 0.25) is 0 Å². The van der Waals surface area contributed by atoms with E-state index in [1.54, 1.807) is 6.20 Å². The summed E-state index contributed by atoms with van der Waals surface area (Å²) in [4.78, 5) is 4.33. The summed E-state index contributed by atoms with van der Waals surface area (Å²) in [7, 11) is 0. The van der Waals surface area contributed by atoms with Gasteiger partial charge in [0.15, 0.2) is 0 Å². The van der Waals surface area contributed by atoms with Gasteiger partial charge in [-0.25, -0.2) is 0 Å². The molecule has 1 aromatic heterocycles. The molecule has 17 heavy (non-hydrogen) atoms. The Hall–Kier alpha value is -2.03. The molecule has 0 aliphatic carbocycles. The first-order valence-electron chi connectivity index (χ1n) is 5.74. The molecule has 1 unspecified atom stereocenters. The molecule has 0 spiro atoms. The van der Waals surface area contributed by atoms with Crippen molar-refractivity contribution in [3.63, 3.8) is 0 Å². The van der Waals surface area contributed by atoms with Crippen LogP contribution >= 0.6 is 0 Å². The van der Waals surface area contributed by atoms with E-state index >= 15 is 0 Å². The number of pyridine rings is 1. The third kappa shape index (κ3) is 1.73.